The van der Waals surface area contributed by atoms with Crippen molar-refractivity contribution in [3.8, 4) is 5.75 Å². The maximum absolute atomic E-state index is 12.6. The molecule has 0 aliphatic carbocycles. The van der Waals surface area contributed by atoms with Gasteiger partial charge in [-0.05, 0) is 19.9 Å². The molecular formula is C15H22F2N2O3S. The van der Waals surface area contributed by atoms with Crippen molar-refractivity contribution < 1.29 is 23.0 Å². The molecule has 1 aliphatic rings. The SMILES string of the molecule is COC[C@H](C)N1CCN(C(=O)c2sc(C)cc2OC(F)F)CC1. The molecule has 1 aliphatic heterocycles. The minimum Gasteiger partial charge on any atom is -0.433 e. The average molecular weight is 348 g/mol. The predicted molar refractivity (Wildman–Crippen MR) is 84.5 cm³/mol. The van der Waals surface area contributed by atoms with E-state index >= 15 is 0 Å². The highest BCUT2D eigenvalue weighted by atomic mass is 32.1. The number of carbonyl (C=O) groups excluding carboxylic acids is 1. The number of alkyl halides is 2. The third-order valence-corrected chi connectivity index (χ3v) is 4.88. The van der Waals surface area contributed by atoms with Gasteiger partial charge in [0.2, 0.25) is 0 Å². The molecule has 1 atom stereocenters. The molecule has 1 aromatic rings. The van der Waals surface area contributed by atoms with E-state index in [0.717, 1.165) is 18.0 Å². The molecule has 0 aromatic carbocycles. The van der Waals surface area contributed by atoms with Gasteiger partial charge in [-0.15, -0.1) is 11.3 Å². The normalized spacial score (nSPS) is 17.6. The number of hydrogen-bond donors (Lipinski definition) is 0. The van der Waals surface area contributed by atoms with Crippen LogP contribution in [0.3, 0.4) is 0 Å². The number of thiophene rings is 1. The third-order valence-electron chi connectivity index (χ3n) is 3.86. The van der Waals surface area contributed by atoms with Crippen molar-refractivity contribution >= 4 is 17.2 Å². The van der Waals surface area contributed by atoms with Crippen molar-refractivity contribution in [1.29, 1.82) is 0 Å². The molecule has 1 amide bonds. The topological polar surface area (TPSA) is 42.0 Å². The number of amides is 1. The number of halogens is 2. The number of hydrogen-bond acceptors (Lipinski definition) is 5. The molecule has 0 spiro atoms. The Morgan fingerprint density at radius 1 is 1.35 bits per heavy atom. The summed E-state index contributed by atoms with van der Waals surface area (Å²) in [6.45, 7) is 4.18. The summed E-state index contributed by atoms with van der Waals surface area (Å²) in [6, 6.07) is 1.78. The fraction of sp³-hybridized carbons (Fsp3) is 0.667. The molecule has 23 heavy (non-hydrogen) atoms. The lowest BCUT2D eigenvalue weighted by atomic mass is 10.2. The number of aryl methyl sites for hydroxylation is 1. The number of rotatable bonds is 6. The van der Waals surface area contributed by atoms with E-state index in [-0.39, 0.29) is 16.5 Å². The maximum atomic E-state index is 12.6. The molecule has 0 bridgehead atoms. The van der Waals surface area contributed by atoms with E-state index in [9.17, 15) is 13.6 Å². The standard InChI is InChI=1S/C15H22F2N2O3S/c1-10(9-21-3)18-4-6-19(7-5-18)14(20)13-12(22-15(16)17)8-11(2)23-13/h8,10,15H,4-7,9H2,1-3H3/t10-/m0/s1. The van der Waals surface area contributed by atoms with E-state index in [1.807, 2.05) is 0 Å². The van der Waals surface area contributed by atoms with Crippen LogP contribution in [-0.4, -0.2) is 68.3 Å². The summed E-state index contributed by atoms with van der Waals surface area (Å²) in [4.78, 5) is 17.6. The average Bonchev–Trinajstić information content (AvgIpc) is 2.86. The monoisotopic (exact) mass is 348 g/mol. The van der Waals surface area contributed by atoms with Gasteiger partial charge in [0.15, 0.2) is 0 Å². The van der Waals surface area contributed by atoms with Crippen LogP contribution in [0.15, 0.2) is 6.07 Å². The van der Waals surface area contributed by atoms with Gasteiger partial charge < -0.3 is 14.4 Å². The Balaban J connectivity index is 2.00. The van der Waals surface area contributed by atoms with Crippen LogP contribution in [0.25, 0.3) is 0 Å². The summed E-state index contributed by atoms with van der Waals surface area (Å²) in [6.07, 6.45) is 0. The molecule has 1 saturated heterocycles. The van der Waals surface area contributed by atoms with Crippen LogP contribution in [0.5, 0.6) is 5.75 Å². The second-order valence-electron chi connectivity index (χ2n) is 5.56. The molecular weight excluding hydrogens is 326 g/mol. The van der Waals surface area contributed by atoms with Crippen molar-refractivity contribution in [3.05, 3.63) is 15.8 Å². The highest BCUT2D eigenvalue weighted by Crippen LogP contribution is 2.31. The minimum atomic E-state index is -2.93. The van der Waals surface area contributed by atoms with Gasteiger partial charge in [0.25, 0.3) is 5.91 Å². The zero-order chi connectivity index (χ0) is 17.0. The van der Waals surface area contributed by atoms with Gasteiger partial charge in [-0.3, -0.25) is 9.69 Å². The van der Waals surface area contributed by atoms with Crippen LogP contribution in [0.2, 0.25) is 0 Å². The minimum absolute atomic E-state index is 0.0253. The Morgan fingerprint density at radius 3 is 2.57 bits per heavy atom. The molecule has 2 heterocycles. The molecule has 0 N–H and O–H groups in total. The van der Waals surface area contributed by atoms with Crippen LogP contribution in [0, 0.1) is 6.92 Å². The van der Waals surface area contributed by atoms with Gasteiger partial charge in [0, 0.05) is 44.2 Å². The number of piperazine rings is 1. The first-order valence-corrected chi connectivity index (χ1v) is 8.31. The Kier molecular flexibility index (Phi) is 6.32. The van der Waals surface area contributed by atoms with Crippen molar-refractivity contribution in [2.24, 2.45) is 0 Å². The fourth-order valence-corrected chi connectivity index (χ4v) is 3.59. The Hall–Kier alpha value is -1.25. The largest absolute Gasteiger partial charge is 0.433 e. The second-order valence-corrected chi connectivity index (χ2v) is 6.82. The molecule has 1 fully saturated rings. The van der Waals surface area contributed by atoms with Gasteiger partial charge >= 0.3 is 6.61 Å². The van der Waals surface area contributed by atoms with E-state index in [1.54, 1.807) is 18.9 Å². The lowest BCUT2D eigenvalue weighted by Crippen LogP contribution is -2.52. The van der Waals surface area contributed by atoms with Crippen molar-refractivity contribution in [1.82, 2.24) is 9.80 Å². The Labute approximate surface area is 138 Å². The number of nitrogens with zero attached hydrogens (tertiary/aromatic N) is 2. The molecule has 0 unspecified atom stereocenters. The highest BCUT2D eigenvalue weighted by molar-refractivity contribution is 7.14. The highest BCUT2D eigenvalue weighted by Gasteiger charge is 2.28. The molecule has 0 saturated carbocycles. The van der Waals surface area contributed by atoms with Crippen molar-refractivity contribution in [3.63, 3.8) is 0 Å². The quantitative estimate of drug-likeness (QED) is 0.792. The summed E-state index contributed by atoms with van der Waals surface area (Å²) in [5, 5.41) is 0. The van der Waals surface area contributed by atoms with E-state index in [0.29, 0.717) is 25.7 Å². The third kappa shape index (κ3) is 4.62. The van der Waals surface area contributed by atoms with Gasteiger partial charge in [-0.2, -0.15) is 8.78 Å². The number of methoxy groups -OCH3 is 1. The van der Waals surface area contributed by atoms with Gasteiger partial charge in [-0.25, -0.2) is 0 Å². The molecule has 1 aromatic heterocycles. The van der Waals surface area contributed by atoms with Gasteiger partial charge in [-0.1, -0.05) is 0 Å². The van der Waals surface area contributed by atoms with Crippen LogP contribution in [-0.2, 0) is 4.74 Å². The summed E-state index contributed by atoms with van der Waals surface area (Å²) in [7, 11) is 1.67. The Bertz CT molecular complexity index is 531. The maximum Gasteiger partial charge on any atom is 0.387 e. The van der Waals surface area contributed by atoms with E-state index in [4.69, 9.17) is 4.74 Å². The summed E-state index contributed by atoms with van der Waals surface area (Å²) in [5.41, 5.74) is 0. The van der Waals surface area contributed by atoms with Gasteiger partial charge in [0.1, 0.15) is 10.6 Å². The summed E-state index contributed by atoms with van der Waals surface area (Å²) < 4.78 is 34.6. The zero-order valence-electron chi connectivity index (χ0n) is 13.6. The molecule has 130 valence electrons. The molecule has 5 nitrogen and oxygen atoms in total. The van der Waals surface area contributed by atoms with Crippen LogP contribution >= 0.6 is 11.3 Å². The van der Waals surface area contributed by atoms with Crippen molar-refractivity contribution in [2.75, 3.05) is 39.9 Å². The first-order valence-electron chi connectivity index (χ1n) is 7.50. The molecule has 0 radical (unpaired) electrons. The zero-order valence-corrected chi connectivity index (χ0v) is 14.4. The smallest absolute Gasteiger partial charge is 0.387 e. The first-order chi connectivity index (χ1) is 10.9. The van der Waals surface area contributed by atoms with Crippen LogP contribution in [0.1, 0.15) is 21.5 Å². The predicted octanol–water partition coefficient (Wildman–Crippen LogP) is 2.45. The van der Waals surface area contributed by atoms with E-state index < -0.39 is 6.61 Å². The first kappa shape index (κ1) is 18.1. The summed E-state index contributed by atoms with van der Waals surface area (Å²) >= 11 is 1.19. The lowest BCUT2D eigenvalue weighted by Gasteiger charge is -2.37. The van der Waals surface area contributed by atoms with Crippen LogP contribution < -0.4 is 4.74 Å². The fourth-order valence-electron chi connectivity index (χ4n) is 2.68. The number of ether oxygens (including phenoxy) is 2. The van der Waals surface area contributed by atoms with E-state index in [1.165, 1.54) is 17.4 Å². The molecule has 2 rings (SSSR count). The van der Waals surface area contributed by atoms with Crippen LogP contribution in [0.4, 0.5) is 8.78 Å². The summed E-state index contributed by atoms with van der Waals surface area (Å²) in [5.74, 6) is -0.263. The second kappa shape index (κ2) is 8.03. The van der Waals surface area contributed by atoms with Gasteiger partial charge in [0.05, 0.1) is 6.61 Å². The molecule has 8 heteroatoms. The lowest BCUT2D eigenvalue weighted by molar-refractivity contribution is -0.0500. The van der Waals surface area contributed by atoms with E-state index in [2.05, 4.69) is 16.6 Å². The van der Waals surface area contributed by atoms with Crippen molar-refractivity contribution in [2.45, 2.75) is 26.5 Å². The Morgan fingerprint density at radius 2 is 2.00 bits per heavy atom. The number of carbonyl (C=O) groups is 1.